The summed E-state index contributed by atoms with van der Waals surface area (Å²) in [4.78, 5) is 12.1. The second kappa shape index (κ2) is 6.47. The van der Waals surface area contributed by atoms with E-state index >= 15 is 0 Å². The van der Waals surface area contributed by atoms with Crippen LogP contribution in [-0.4, -0.2) is 9.78 Å². The summed E-state index contributed by atoms with van der Waals surface area (Å²) in [7, 11) is 0. The summed E-state index contributed by atoms with van der Waals surface area (Å²) in [6, 6.07) is 7.33. The molecule has 1 aromatic carbocycles. The number of rotatable bonds is 4. The normalized spacial score (nSPS) is 10.1. The highest BCUT2D eigenvalue weighted by molar-refractivity contribution is 6.33. The van der Waals surface area contributed by atoms with Crippen LogP contribution >= 0.6 is 23.2 Å². The van der Waals surface area contributed by atoms with Gasteiger partial charge in [0.2, 0.25) is 0 Å². The molecule has 1 heterocycles. The van der Waals surface area contributed by atoms with Crippen molar-refractivity contribution < 1.29 is 0 Å². The van der Waals surface area contributed by atoms with Gasteiger partial charge in [0, 0.05) is 11.6 Å². The molecular weight excluding hydrogens is 297 g/mol. The lowest BCUT2D eigenvalue weighted by Crippen LogP contribution is -2.25. The van der Waals surface area contributed by atoms with Crippen molar-refractivity contribution in [1.82, 2.24) is 9.78 Å². The van der Waals surface area contributed by atoms with Gasteiger partial charge in [0.15, 0.2) is 0 Å². The van der Waals surface area contributed by atoms with Crippen LogP contribution in [0.2, 0.25) is 10.0 Å². The van der Waals surface area contributed by atoms with Crippen molar-refractivity contribution in [1.29, 1.82) is 0 Å². The smallest absolute Gasteiger partial charge is 0.292 e. The summed E-state index contributed by atoms with van der Waals surface area (Å²) in [5, 5.41) is 7.75. The van der Waals surface area contributed by atoms with E-state index in [0.29, 0.717) is 11.6 Å². The van der Waals surface area contributed by atoms with Crippen molar-refractivity contribution in [3.05, 3.63) is 56.4 Å². The minimum atomic E-state index is -0.350. The van der Waals surface area contributed by atoms with Gasteiger partial charge in [0.1, 0.15) is 12.2 Å². The SMILES string of the molecule is C#CCn1ncc(Cl)c(NCc2cccc(Cl)c2)c1=O. The molecule has 0 spiro atoms. The Morgan fingerprint density at radius 3 is 2.90 bits per heavy atom. The molecule has 0 radical (unpaired) electrons. The monoisotopic (exact) mass is 307 g/mol. The third-order valence-electron chi connectivity index (χ3n) is 2.60. The van der Waals surface area contributed by atoms with Crippen molar-refractivity contribution >= 4 is 28.9 Å². The number of aromatic nitrogens is 2. The Labute approximate surface area is 126 Å². The molecule has 1 N–H and O–H groups in total. The molecule has 0 unspecified atom stereocenters. The van der Waals surface area contributed by atoms with Gasteiger partial charge in [0.25, 0.3) is 5.56 Å². The fourth-order valence-corrected chi connectivity index (χ4v) is 2.07. The van der Waals surface area contributed by atoms with E-state index < -0.39 is 0 Å². The van der Waals surface area contributed by atoms with Crippen LogP contribution in [-0.2, 0) is 13.1 Å². The Morgan fingerprint density at radius 2 is 2.20 bits per heavy atom. The maximum absolute atomic E-state index is 12.1. The highest BCUT2D eigenvalue weighted by Crippen LogP contribution is 2.17. The van der Waals surface area contributed by atoms with E-state index in [4.69, 9.17) is 29.6 Å². The summed E-state index contributed by atoms with van der Waals surface area (Å²) in [6.07, 6.45) is 6.57. The molecule has 0 aliphatic rings. The molecule has 2 rings (SSSR count). The summed E-state index contributed by atoms with van der Waals surface area (Å²) in [5.41, 5.74) is 0.864. The van der Waals surface area contributed by atoms with E-state index in [9.17, 15) is 4.79 Å². The highest BCUT2D eigenvalue weighted by atomic mass is 35.5. The predicted molar refractivity (Wildman–Crippen MR) is 81.1 cm³/mol. The number of nitrogens with one attached hydrogen (secondary N) is 1. The van der Waals surface area contributed by atoms with Gasteiger partial charge in [-0.2, -0.15) is 5.10 Å². The molecule has 0 atom stereocenters. The van der Waals surface area contributed by atoms with E-state index in [2.05, 4.69) is 16.3 Å². The van der Waals surface area contributed by atoms with Crippen LogP contribution in [0.1, 0.15) is 5.56 Å². The average Bonchev–Trinajstić information content (AvgIpc) is 2.42. The Balaban J connectivity index is 2.23. The zero-order valence-corrected chi connectivity index (χ0v) is 11.9. The van der Waals surface area contributed by atoms with Gasteiger partial charge in [-0.25, -0.2) is 4.68 Å². The maximum Gasteiger partial charge on any atom is 0.292 e. The molecule has 20 heavy (non-hydrogen) atoms. The first-order valence-corrected chi connectivity index (χ1v) is 6.55. The van der Waals surface area contributed by atoms with E-state index in [1.54, 1.807) is 6.07 Å². The van der Waals surface area contributed by atoms with Gasteiger partial charge >= 0.3 is 0 Å². The summed E-state index contributed by atoms with van der Waals surface area (Å²) < 4.78 is 1.17. The molecule has 102 valence electrons. The van der Waals surface area contributed by atoms with E-state index in [1.165, 1.54) is 10.9 Å². The molecule has 4 nitrogen and oxygen atoms in total. The molecule has 2 aromatic rings. The Kier molecular flexibility index (Phi) is 4.67. The second-order valence-electron chi connectivity index (χ2n) is 4.02. The van der Waals surface area contributed by atoms with Gasteiger partial charge in [-0.15, -0.1) is 6.42 Å². The summed E-state index contributed by atoms with van der Waals surface area (Å²) in [5.74, 6) is 2.36. The largest absolute Gasteiger partial charge is 0.375 e. The van der Waals surface area contributed by atoms with Crippen LogP contribution < -0.4 is 10.9 Å². The quantitative estimate of drug-likeness (QED) is 0.884. The third-order valence-corrected chi connectivity index (χ3v) is 3.12. The van der Waals surface area contributed by atoms with Crippen LogP contribution in [0.25, 0.3) is 0 Å². The molecule has 0 saturated heterocycles. The molecule has 0 saturated carbocycles. The van der Waals surface area contributed by atoms with Crippen LogP contribution in [0.4, 0.5) is 5.69 Å². The number of hydrogen-bond donors (Lipinski definition) is 1. The highest BCUT2D eigenvalue weighted by Gasteiger charge is 2.09. The molecule has 0 bridgehead atoms. The van der Waals surface area contributed by atoms with E-state index in [0.717, 1.165) is 5.56 Å². The van der Waals surface area contributed by atoms with Gasteiger partial charge < -0.3 is 5.32 Å². The number of terminal acetylenes is 1. The molecule has 0 aliphatic carbocycles. The van der Waals surface area contributed by atoms with Crippen molar-refractivity contribution in [2.75, 3.05) is 5.32 Å². The zero-order valence-electron chi connectivity index (χ0n) is 10.4. The minimum Gasteiger partial charge on any atom is -0.375 e. The first-order chi connectivity index (χ1) is 9.61. The number of nitrogens with zero attached hydrogens (tertiary/aromatic N) is 2. The van der Waals surface area contributed by atoms with Crippen LogP contribution in [0.15, 0.2) is 35.3 Å². The van der Waals surface area contributed by atoms with Crippen LogP contribution in [0.5, 0.6) is 0 Å². The zero-order chi connectivity index (χ0) is 14.5. The summed E-state index contributed by atoms with van der Waals surface area (Å²) in [6.45, 7) is 0.525. The van der Waals surface area contributed by atoms with Gasteiger partial charge in [-0.1, -0.05) is 41.3 Å². The van der Waals surface area contributed by atoms with Gasteiger partial charge in [-0.3, -0.25) is 4.79 Å². The molecule has 0 fully saturated rings. The minimum absolute atomic E-state index is 0.0991. The standard InChI is InChI=1S/C14H11Cl2N3O/c1-2-6-19-14(20)13(12(16)9-18-19)17-8-10-4-3-5-11(15)7-10/h1,3-5,7,9,17H,6,8H2. The molecule has 0 aliphatic heterocycles. The molecule has 0 amide bonds. The maximum atomic E-state index is 12.1. The van der Waals surface area contributed by atoms with Crippen molar-refractivity contribution in [2.45, 2.75) is 13.1 Å². The van der Waals surface area contributed by atoms with E-state index in [1.807, 2.05) is 18.2 Å². The number of anilines is 1. The second-order valence-corrected chi connectivity index (χ2v) is 4.86. The predicted octanol–water partition coefficient (Wildman–Crippen LogP) is 2.80. The lowest BCUT2D eigenvalue weighted by molar-refractivity contribution is 0.664. The van der Waals surface area contributed by atoms with Crippen LogP contribution in [0, 0.1) is 12.3 Å². The third kappa shape index (κ3) is 3.32. The van der Waals surface area contributed by atoms with Crippen LogP contribution in [0.3, 0.4) is 0 Å². The number of benzene rings is 1. The van der Waals surface area contributed by atoms with Crippen molar-refractivity contribution in [2.24, 2.45) is 0 Å². The summed E-state index contributed by atoms with van der Waals surface area (Å²) >= 11 is 11.9. The van der Waals surface area contributed by atoms with Crippen molar-refractivity contribution in [3.63, 3.8) is 0 Å². The topological polar surface area (TPSA) is 46.9 Å². The first-order valence-electron chi connectivity index (χ1n) is 5.79. The molecular formula is C14H11Cl2N3O. The lowest BCUT2D eigenvalue weighted by Gasteiger charge is -2.09. The van der Waals surface area contributed by atoms with Crippen molar-refractivity contribution in [3.8, 4) is 12.3 Å². The molecule has 6 heteroatoms. The average molecular weight is 308 g/mol. The molecule has 1 aromatic heterocycles. The Hall–Kier alpha value is -1.96. The lowest BCUT2D eigenvalue weighted by atomic mass is 10.2. The Morgan fingerprint density at radius 1 is 1.40 bits per heavy atom. The Bertz CT molecular complexity index is 719. The number of halogens is 2. The fourth-order valence-electron chi connectivity index (χ4n) is 1.67. The fraction of sp³-hybridized carbons (Fsp3) is 0.143. The number of hydrogen-bond acceptors (Lipinski definition) is 3. The van der Waals surface area contributed by atoms with Gasteiger partial charge in [0.05, 0.1) is 11.2 Å². The van der Waals surface area contributed by atoms with E-state index in [-0.39, 0.29) is 22.8 Å². The first kappa shape index (κ1) is 14.4. The van der Waals surface area contributed by atoms with Gasteiger partial charge in [-0.05, 0) is 17.7 Å².